The Labute approximate surface area is 310 Å². The third-order valence-corrected chi connectivity index (χ3v) is 9.67. The van der Waals surface area contributed by atoms with Crippen molar-refractivity contribution in [1.29, 1.82) is 0 Å². The third-order valence-electron chi connectivity index (χ3n) is 7.52. The number of amides is 2. The Morgan fingerprint density at radius 2 is 1.20 bits per heavy atom. The van der Waals surface area contributed by atoms with Crippen LogP contribution in [-0.4, -0.2) is 90.7 Å². The molecule has 2 aromatic rings. The average Bonchev–Trinajstić information content (AvgIpc) is 3.76. The second-order valence-electron chi connectivity index (χ2n) is 13.4. The molecule has 0 radical (unpaired) electrons. The van der Waals surface area contributed by atoms with Crippen LogP contribution >= 0.6 is 67.8 Å². The number of carbonyl (C=O) groups is 2. The van der Waals surface area contributed by atoms with Crippen LogP contribution in [0, 0.1) is 10.7 Å². The van der Waals surface area contributed by atoms with Crippen molar-refractivity contribution in [2.45, 2.75) is 89.8 Å². The molecule has 8 nitrogen and oxygen atoms in total. The van der Waals surface area contributed by atoms with Crippen molar-refractivity contribution < 1.29 is 24.8 Å². The van der Waals surface area contributed by atoms with Gasteiger partial charge in [0.25, 0.3) is 0 Å². The number of hydrogen-bond acceptors (Lipinski definition) is 6. The number of alkyl halides is 1. The number of nitrogens with one attached hydrogen (secondary N) is 1. The summed E-state index contributed by atoms with van der Waals surface area (Å²) in [4.78, 5) is 30.1. The molecule has 0 aliphatic carbocycles. The number of piperazine rings is 2. The van der Waals surface area contributed by atoms with Gasteiger partial charge in [-0.05, 0) is 171 Å². The van der Waals surface area contributed by atoms with Gasteiger partial charge in [0.2, 0.25) is 0 Å². The number of nitrogens with zero attached hydrogens (tertiary/aromatic N) is 3. The largest absolute Gasteiger partial charge is 0.444 e. The summed E-state index contributed by atoms with van der Waals surface area (Å²) in [6.45, 7) is 14.8. The maximum Gasteiger partial charge on any atom is 0.410 e. The molecule has 12 heteroatoms. The number of benzene rings is 2. The van der Waals surface area contributed by atoms with Gasteiger partial charge in [0, 0.05) is 60.7 Å². The molecule has 4 heterocycles. The Morgan fingerprint density at radius 3 is 1.56 bits per heavy atom. The molecule has 0 saturated carbocycles. The van der Waals surface area contributed by atoms with Crippen LogP contribution in [0.25, 0.3) is 0 Å². The summed E-state index contributed by atoms with van der Waals surface area (Å²) >= 11 is 6.91. The molecule has 6 rings (SSSR count). The second-order valence-corrected chi connectivity index (χ2v) is 17.1. The van der Waals surface area contributed by atoms with Crippen LogP contribution in [0.15, 0.2) is 48.5 Å². The zero-order valence-electron chi connectivity index (χ0n) is 27.9. The highest BCUT2D eigenvalue weighted by Gasteiger charge is 2.46. The predicted octanol–water partition coefficient (Wildman–Crippen LogP) is 7.94. The van der Waals surface area contributed by atoms with Gasteiger partial charge in [-0.3, -0.25) is 4.39 Å². The fourth-order valence-corrected chi connectivity index (χ4v) is 6.77. The van der Waals surface area contributed by atoms with Crippen molar-refractivity contribution in [3.63, 3.8) is 0 Å². The van der Waals surface area contributed by atoms with E-state index in [-0.39, 0.29) is 23.8 Å². The summed E-state index contributed by atoms with van der Waals surface area (Å²) in [7, 11) is -1.00. The molecule has 1 N–H and O–H groups in total. The van der Waals surface area contributed by atoms with Crippen molar-refractivity contribution >= 4 is 85.6 Å². The highest BCUT2D eigenvalue weighted by atomic mass is 127. The van der Waals surface area contributed by atoms with Crippen molar-refractivity contribution in [3.8, 4) is 0 Å². The van der Waals surface area contributed by atoms with Gasteiger partial charge in [0.1, 0.15) is 11.2 Å². The molecule has 4 bridgehead atoms. The van der Waals surface area contributed by atoms with Crippen molar-refractivity contribution in [2.75, 3.05) is 38.2 Å². The van der Waals surface area contributed by atoms with Gasteiger partial charge in [0.05, 0.1) is 14.6 Å². The van der Waals surface area contributed by atoms with Crippen LogP contribution in [-0.2, 0) is 9.47 Å². The first-order valence-corrected chi connectivity index (χ1v) is 18.2. The highest BCUT2D eigenvalue weighted by molar-refractivity contribution is 14.1. The SMILES string of the molecule is CC(C)(C)OC(=O)N1CC2CC1CN2.CC(C)(C)OC(=O)N1CC2CC1CN2c1ccc(I)cc1.Ic1ccc(I)cc1.[2H]CF. The quantitative estimate of drug-likeness (QED) is 0.293. The first-order chi connectivity index (χ1) is 21.5. The Balaban J connectivity index is 0.000000197. The molecule has 4 aliphatic rings. The molecule has 2 aromatic carbocycles. The third kappa shape index (κ3) is 11.8. The summed E-state index contributed by atoms with van der Waals surface area (Å²) < 4.78 is 30.2. The number of rotatable bonds is 1. The number of hydrogen-bond donors (Lipinski definition) is 1. The monoisotopic (exact) mass is 963 g/mol. The average molecular weight is 963 g/mol. The first kappa shape index (κ1) is 36.7. The Kier molecular flexibility index (Phi) is 13.7. The van der Waals surface area contributed by atoms with E-state index in [4.69, 9.17) is 10.8 Å². The summed E-state index contributed by atoms with van der Waals surface area (Å²) in [6.07, 6.45) is 1.80. The number of anilines is 1. The summed E-state index contributed by atoms with van der Waals surface area (Å²) in [5.74, 6) is 0. The Bertz CT molecular complexity index is 1260. The van der Waals surface area contributed by atoms with E-state index in [0.717, 1.165) is 39.0 Å². The van der Waals surface area contributed by atoms with E-state index in [1.807, 2.05) is 51.3 Å². The summed E-state index contributed by atoms with van der Waals surface area (Å²) in [6, 6.07) is 18.5. The fourth-order valence-electron chi connectivity index (χ4n) is 5.69. The normalized spacial score (nSPS) is 23.2. The van der Waals surface area contributed by atoms with E-state index < -0.39 is 12.8 Å². The summed E-state index contributed by atoms with van der Waals surface area (Å²) in [5.41, 5.74) is 0.452. The van der Waals surface area contributed by atoms with Crippen molar-refractivity contribution in [1.82, 2.24) is 15.1 Å². The minimum Gasteiger partial charge on any atom is -0.444 e. The molecule has 4 aliphatic heterocycles. The van der Waals surface area contributed by atoms with E-state index in [2.05, 4.69) is 127 Å². The van der Waals surface area contributed by atoms with Gasteiger partial charge in [-0.25, -0.2) is 9.59 Å². The molecular weight excluding hydrogens is 916 g/mol. The summed E-state index contributed by atoms with van der Waals surface area (Å²) in [5, 5.41) is 3.35. The molecule has 4 atom stereocenters. The van der Waals surface area contributed by atoms with Crippen LogP contribution < -0.4 is 10.2 Å². The molecule has 4 saturated heterocycles. The maximum absolute atomic E-state index is 12.2. The number of fused-ring (bicyclic) bond motifs is 4. The van der Waals surface area contributed by atoms with E-state index >= 15 is 0 Å². The zero-order valence-corrected chi connectivity index (χ0v) is 33.3. The zero-order chi connectivity index (χ0) is 34.2. The molecule has 250 valence electrons. The predicted molar refractivity (Wildman–Crippen MR) is 204 cm³/mol. The van der Waals surface area contributed by atoms with Gasteiger partial charge >= 0.3 is 12.2 Å². The Morgan fingerprint density at radius 1 is 0.756 bits per heavy atom. The lowest BCUT2D eigenvalue weighted by Crippen LogP contribution is -2.50. The first-order valence-electron chi connectivity index (χ1n) is 15.7. The smallest absolute Gasteiger partial charge is 0.410 e. The topological polar surface area (TPSA) is 74.3 Å². The minimum absolute atomic E-state index is 0.161. The number of halogens is 4. The molecular formula is C33H46FI3N4O4. The van der Waals surface area contributed by atoms with Gasteiger partial charge in [-0.1, -0.05) is 0 Å². The van der Waals surface area contributed by atoms with Gasteiger partial charge < -0.3 is 29.5 Å². The number of carbonyl (C=O) groups excluding carboxylic acids is 2. The maximum atomic E-state index is 12.2. The Hall–Kier alpha value is -1.14. The molecule has 2 amide bonds. The molecule has 45 heavy (non-hydrogen) atoms. The fraction of sp³-hybridized carbons (Fsp3) is 0.576. The van der Waals surface area contributed by atoms with Crippen molar-refractivity contribution in [3.05, 3.63) is 59.2 Å². The van der Waals surface area contributed by atoms with E-state index in [9.17, 15) is 14.0 Å². The van der Waals surface area contributed by atoms with Gasteiger partial charge in [-0.15, -0.1) is 0 Å². The van der Waals surface area contributed by atoms with Crippen molar-refractivity contribution in [2.24, 2.45) is 0 Å². The van der Waals surface area contributed by atoms with Crippen LogP contribution in [0.2, 0.25) is 0 Å². The van der Waals surface area contributed by atoms with Crippen LogP contribution in [0.3, 0.4) is 0 Å². The van der Waals surface area contributed by atoms with E-state index in [1.165, 1.54) is 16.4 Å². The molecule has 4 fully saturated rings. The van der Waals surface area contributed by atoms with E-state index in [0.29, 0.717) is 18.1 Å². The standard InChI is InChI=1S/C16H21IN2O2.C10H18N2O2.C6H4I2.CH3F/c1-16(2,3)21-15(20)19-10-13-8-14(19)9-18(13)12-6-4-11(17)5-7-12;1-10(2,3)14-9(13)12-6-7-4-8(12)5-11-7;7-5-1-2-6(8)4-3-5;1-2/h4-7,13-14H,8-10H2,1-3H3;7-8,11H,4-6H2,1-3H3;1-4H;1H3/i;;;1D. The van der Waals surface area contributed by atoms with Crippen LogP contribution in [0.1, 0.15) is 55.8 Å². The number of ether oxygens (including phenoxy) is 2. The molecule has 0 aromatic heterocycles. The minimum atomic E-state index is -1.00. The second kappa shape index (κ2) is 16.8. The lowest BCUT2D eigenvalue weighted by Gasteiger charge is -2.36. The lowest BCUT2D eigenvalue weighted by atomic mass is 10.2. The highest BCUT2D eigenvalue weighted by Crippen LogP contribution is 2.35. The van der Waals surface area contributed by atoms with Gasteiger partial charge in [-0.2, -0.15) is 0 Å². The lowest BCUT2D eigenvalue weighted by molar-refractivity contribution is 0.0198. The van der Waals surface area contributed by atoms with Gasteiger partial charge in [0.15, 0.2) is 0 Å². The number of likely N-dealkylation sites (tertiary alicyclic amines) is 2. The van der Waals surface area contributed by atoms with Crippen LogP contribution in [0.5, 0.6) is 0 Å². The molecule has 4 unspecified atom stereocenters. The molecule has 0 spiro atoms. The van der Waals surface area contributed by atoms with E-state index in [1.54, 1.807) is 0 Å². The van der Waals surface area contributed by atoms with Crippen LogP contribution in [0.4, 0.5) is 19.7 Å².